The van der Waals surface area contributed by atoms with E-state index in [0.29, 0.717) is 23.2 Å². The molecule has 0 amide bonds. The Labute approximate surface area is 120 Å². The largest absolute Gasteiger partial charge is 0.493 e. The van der Waals surface area contributed by atoms with Gasteiger partial charge < -0.3 is 19.9 Å². The van der Waals surface area contributed by atoms with E-state index in [9.17, 15) is 0 Å². The second-order valence-corrected chi connectivity index (χ2v) is 4.64. The molecule has 4 nitrogen and oxygen atoms in total. The average Bonchev–Trinajstić information content (AvgIpc) is 2.34. The van der Waals surface area contributed by atoms with E-state index in [1.165, 1.54) is 19.3 Å². The summed E-state index contributed by atoms with van der Waals surface area (Å²) < 4.78 is 16.1. The molecule has 1 atom stereocenters. The first kappa shape index (κ1) is 15.9. The lowest BCUT2D eigenvalue weighted by molar-refractivity contribution is 0.256. The minimum absolute atomic E-state index is 0. The van der Waals surface area contributed by atoms with E-state index in [2.05, 4.69) is 0 Å². The summed E-state index contributed by atoms with van der Waals surface area (Å²) in [5.41, 5.74) is 7.32. The molecule has 0 heterocycles. The van der Waals surface area contributed by atoms with Gasteiger partial charge in [-0.25, -0.2) is 0 Å². The Morgan fingerprint density at radius 1 is 1.05 bits per heavy atom. The van der Waals surface area contributed by atoms with Crippen molar-refractivity contribution in [1.82, 2.24) is 0 Å². The Morgan fingerprint density at radius 3 is 2.11 bits per heavy atom. The van der Waals surface area contributed by atoms with Crippen LogP contribution < -0.4 is 19.9 Å². The molecule has 0 radical (unpaired) electrons. The molecule has 0 aromatic heterocycles. The average molecular weight is 288 g/mol. The van der Waals surface area contributed by atoms with E-state index in [-0.39, 0.29) is 18.4 Å². The number of ether oxygens (including phenoxy) is 3. The van der Waals surface area contributed by atoms with Crippen molar-refractivity contribution < 1.29 is 14.2 Å². The van der Waals surface area contributed by atoms with Crippen molar-refractivity contribution in [1.29, 1.82) is 0 Å². The van der Waals surface area contributed by atoms with Crippen LogP contribution in [0.2, 0.25) is 0 Å². The number of hydrogen-bond donors (Lipinski definition) is 1. The maximum atomic E-state index is 6.32. The van der Waals surface area contributed by atoms with Gasteiger partial charge in [-0.2, -0.15) is 0 Å². The summed E-state index contributed by atoms with van der Waals surface area (Å²) in [6.07, 6.45) is 3.66. The van der Waals surface area contributed by atoms with Gasteiger partial charge >= 0.3 is 0 Å². The van der Waals surface area contributed by atoms with Gasteiger partial charge in [-0.15, -0.1) is 12.4 Å². The predicted octanol–water partition coefficient (Wildman–Crippen LogP) is 2.93. The summed E-state index contributed by atoms with van der Waals surface area (Å²) in [4.78, 5) is 0. The Bertz CT molecular complexity index is 421. The fourth-order valence-electron chi connectivity index (χ4n) is 2.44. The lowest BCUT2D eigenvalue weighted by atomic mass is 9.77. The van der Waals surface area contributed by atoms with E-state index < -0.39 is 0 Å². The van der Waals surface area contributed by atoms with Crippen LogP contribution in [0.5, 0.6) is 17.2 Å². The van der Waals surface area contributed by atoms with Crippen molar-refractivity contribution in [3.63, 3.8) is 0 Å². The third-order valence-corrected chi connectivity index (χ3v) is 3.75. The summed E-state index contributed by atoms with van der Waals surface area (Å²) in [6, 6.07) is 3.87. The predicted molar refractivity (Wildman–Crippen MR) is 77.6 cm³/mol. The molecular weight excluding hydrogens is 266 g/mol. The molecule has 1 aromatic rings. The molecule has 1 aliphatic carbocycles. The SMILES string of the molecule is COc1ccc([C@@H](N)C2CCC2)c(OC)c1OC.Cl. The third kappa shape index (κ3) is 2.90. The van der Waals surface area contributed by atoms with Crippen molar-refractivity contribution in [3.8, 4) is 17.2 Å². The first-order valence-corrected chi connectivity index (χ1v) is 6.27. The van der Waals surface area contributed by atoms with Crippen molar-refractivity contribution >= 4 is 12.4 Å². The van der Waals surface area contributed by atoms with Crippen molar-refractivity contribution in [3.05, 3.63) is 17.7 Å². The molecule has 5 heteroatoms. The van der Waals surface area contributed by atoms with Crippen molar-refractivity contribution in [2.24, 2.45) is 11.7 Å². The molecule has 1 saturated carbocycles. The minimum Gasteiger partial charge on any atom is -0.493 e. The van der Waals surface area contributed by atoms with Gasteiger partial charge in [0.15, 0.2) is 11.5 Å². The smallest absolute Gasteiger partial charge is 0.203 e. The summed E-state index contributed by atoms with van der Waals surface area (Å²) in [6.45, 7) is 0. The van der Waals surface area contributed by atoms with Gasteiger partial charge in [-0.05, 0) is 30.9 Å². The van der Waals surface area contributed by atoms with Gasteiger partial charge in [0.1, 0.15) is 0 Å². The summed E-state index contributed by atoms with van der Waals surface area (Å²) in [7, 11) is 4.86. The zero-order valence-corrected chi connectivity index (χ0v) is 12.5. The molecule has 19 heavy (non-hydrogen) atoms. The lowest BCUT2D eigenvalue weighted by Crippen LogP contribution is -2.27. The zero-order valence-electron chi connectivity index (χ0n) is 11.6. The number of methoxy groups -OCH3 is 3. The highest BCUT2D eigenvalue weighted by molar-refractivity contribution is 5.85. The Morgan fingerprint density at radius 2 is 1.68 bits per heavy atom. The van der Waals surface area contributed by atoms with E-state index >= 15 is 0 Å². The zero-order chi connectivity index (χ0) is 13.1. The standard InChI is InChI=1S/C14H21NO3.ClH/c1-16-11-8-7-10(12(15)9-5-4-6-9)13(17-2)14(11)18-3;/h7-9,12H,4-6,15H2,1-3H3;1H/t12-;/m0./s1. The molecule has 2 rings (SSSR count). The van der Waals surface area contributed by atoms with Crippen LogP contribution in [0.25, 0.3) is 0 Å². The second kappa shape index (κ2) is 6.87. The maximum absolute atomic E-state index is 6.32. The summed E-state index contributed by atoms with van der Waals surface area (Å²) in [5, 5.41) is 0. The fourth-order valence-corrected chi connectivity index (χ4v) is 2.44. The van der Waals surface area contributed by atoms with Crippen LogP contribution in [0.1, 0.15) is 30.9 Å². The van der Waals surface area contributed by atoms with Gasteiger partial charge in [0.05, 0.1) is 21.3 Å². The summed E-state index contributed by atoms with van der Waals surface area (Å²) in [5.74, 6) is 2.53. The fraction of sp³-hybridized carbons (Fsp3) is 0.571. The minimum atomic E-state index is 0. The molecule has 108 valence electrons. The molecule has 0 saturated heterocycles. The number of nitrogens with two attached hydrogens (primary N) is 1. The lowest BCUT2D eigenvalue weighted by Gasteiger charge is -2.32. The van der Waals surface area contributed by atoms with Crippen molar-refractivity contribution in [2.45, 2.75) is 25.3 Å². The van der Waals surface area contributed by atoms with E-state index in [0.717, 1.165) is 5.56 Å². The van der Waals surface area contributed by atoms with Gasteiger partial charge in [0, 0.05) is 11.6 Å². The Hall–Kier alpha value is -1.13. The van der Waals surface area contributed by atoms with Crippen LogP contribution in [-0.2, 0) is 0 Å². The van der Waals surface area contributed by atoms with Gasteiger partial charge in [-0.1, -0.05) is 6.42 Å². The van der Waals surface area contributed by atoms with Gasteiger partial charge in [0.2, 0.25) is 5.75 Å². The van der Waals surface area contributed by atoms with Gasteiger partial charge in [0.25, 0.3) is 0 Å². The molecule has 0 bridgehead atoms. The van der Waals surface area contributed by atoms with Crippen LogP contribution in [-0.4, -0.2) is 21.3 Å². The Kier molecular flexibility index (Phi) is 5.76. The van der Waals surface area contributed by atoms with E-state index in [1.54, 1.807) is 21.3 Å². The molecule has 0 spiro atoms. The topological polar surface area (TPSA) is 53.7 Å². The van der Waals surface area contributed by atoms with Crippen LogP contribution in [0.15, 0.2) is 12.1 Å². The Balaban J connectivity index is 0.00000180. The normalized spacial score (nSPS) is 16.0. The monoisotopic (exact) mass is 287 g/mol. The highest BCUT2D eigenvalue weighted by Gasteiger charge is 2.29. The molecular formula is C14H22ClNO3. The van der Waals surface area contributed by atoms with E-state index in [4.69, 9.17) is 19.9 Å². The van der Waals surface area contributed by atoms with E-state index in [1.807, 2.05) is 12.1 Å². The quantitative estimate of drug-likeness (QED) is 0.905. The van der Waals surface area contributed by atoms with Crippen molar-refractivity contribution in [2.75, 3.05) is 21.3 Å². The number of rotatable bonds is 5. The van der Waals surface area contributed by atoms with Gasteiger partial charge in [-0.3, -0.25) is 0 Å². The highest BCUT2D eigenvalue weighted by atomic mass is 35.5. The molecule has 0 aliphatic heterocycles. The molecule has 1 fully saturated rings. The third-order valence-electron chi connectivity index (χ3n) is 3.75. The van der Waals surface area contributed by atoms with Crippen LogP contribution >= 0.6 is 12.4 Å². The maximum Gasteiger partial charge on any atom is 0.203 e. The molecule has 1 aliphatic rings. The number of halogens is 1. The molecule has 1 aromatic carbocycles. The van der Waals surface area contributed by atoms with Crippen LogP contribution in [0.3, 0.4) is 0 Å². The van der Waals surface area contributed by atoms with Crippen LogP contribution in [0.4, 0.5) is 0 Å². The second-order valence-electron chi connectivity index (χ2n) is 4.64. The first-order chi connectivity index (χ1) is 8.72. The highest BCUT2D eigenvalue weighted by Crippen LogP contribution is 2.45. The first-order valence-electron chi connectivity index (χ1n) is 6.27. The van der Waals surface area contributed by atoms with Crippen LogP contribution in [0, 0.1) is 5.92 Å². The number of hydrogen-bond acceptors (Lipinski definition) is 4. The molecule has 0 unspecified atom stereocenters. The summed E-state index contributed by atoms with van der Waals surface area (Å²) >= 11 is 0. The molecule has 2 N–H and O–H groups in total. The number of benzene rings is 1.